The standard InChI is InChI=1S/C12H18N6O/c1-2-9-14-11(13)10-12(15-9)18(17-16-10)7-8-5-3-4-6-19-8/h8H,2-7H2,1H3,(H2,13,14,15). The highest BCUT2D eigenvalue weighted by molar-refractivity contribution is 5.80. The summed E-state index contributed by atoms with van der Waals surface area (Å²) in [7, 11) is 0. The molecule has 102 valence electrons. The lowest BCUT2D eigenvalue weighted by Crippen LogP contribution is -2.25. The highest BCUT2D eigenvalue weighted by atomic mass is 16.5. The van der Waals surface area contributed by atoms with Gasteiger partial charge in [-0.2, -0.15) is 0 Å². The van der Waals surface area contributed by atoms with Crippen LogP contribution in [0.5, 0.6) is 0 Å². The third-order valence-corrected chi connectivity index (χ3v) is 3.40. The van der Waals surface area contributed by atoms with Gasteiger partial charge in [-0.25, -0.2) is 14.6 Å². The van der Waals surface area contributed by atoms with Crippen LogP contribution >= 0.6 is 0 Å². The molecule has 1 aliphatic rings. The van der Waals surface area contributed by atoms with Gasteiger partial charge in [-0.1, -0.05) is 12.1 Å². The predicted molar refractivity (Wildman–Crippen MR) is 70.5 cm³/mol. The summed E-state index contributed by atoms with van der Waals surface area (Å²) in [6, 6.07) is 0. The van der Waals surface area contributed by atoms with E-state index in [1.165, 1.54) is 6.42 Å². The maximum atomic E-state index is 5.88. The number of nitrogens with two attached hydrogens (primary N) is 1. The van der Waals surface area contributed by atoms with Gasteiger partial charge in [0.1, 0.15) is 5.82 Å². The number of aromatic nitrogens is 5. The predicted octanol–water partition coefficient (Wildman–Crippen LogP) is 0.935. The Kier molecular flexibility index (Phi) is 3.29. The zero-order valence-corrected chi connectivity index (χ0v) is 11.0. The number of fused-ring (bicyclic) bond motifs is 1. The molecule has 0 amide bonds. The van der Waals surface area contributed by atoms with Gasteiger partial charge in [0.2, 0.25) is 0 Å². The first-order valence-corrected chi connectivity index (χ1v) is 6.75. The summed E-state index contributed by atoms with van der Waals surface area (Å²) in [5.74, 6) is 1.12. The summed E-state index contributed by atoms with van der Waals surface area (Å²) >= 11 is 0. The topological polar surface area (TPSA) is 91.7 Å². The molecule has 0 bridgehead atoms. The number of rotatable bonds is 3. The van der Waals surface area contributed by atoms with E-state index in [-0.39, 0.29) is 6.10 Å². The summed E-state index contributed by atoms with van der Waals surface area (Å²) in [5, 5.41) is 8.20. The first-order valence-electron chi connectivity index (χ1n) is 6.75. The van der Waals surface area contributed by atoms with Crippen LogP contribution < -0.4 is 5.73 Å². The molecule has 1 aliphatic heterocycles. The fourth-order valence-corrected chi connectivity index (χ4v) is 2.35. The lowest BCUT2D eigenvalue weighted by atomic mass is 10.1. The molecule has 1 atom stereocenters. The maximum absolute atomic E-state index is 5.88. The van der Waals surface area contributed by atoms with E-state index < -0.39 is 0 Å². The molecule has 2 aromatic heterocycles. The minimum Gasteiger partial charge on any atom is -0.382 e. The van der Waals surface area contributed by atoms with Crippen molar-refractivity contribution in [1.82, 2.24) is 25.0 Å². The van der Waals surface area contributed by atoms with Gasteiger partial charge in [-0.15, -0.1) is 5.10 Å². The van der Waals surface area contributed by atoms with Crippen molar-refractivity contribution in [2.75, 3.05) is 12.3 Å². The molecule has 1 unspecified atom stereocenters. The number of nitrogen functional groups attached to an aromatic ring is 1. The van der Waals surface area contributed by atoms with Crippen LogP contribution in [-0.4, -0.2) is 37.7 Å². The van der Waals surface area contributed by atoms with Crippen LogP contribution in [0.3, 0.4) is 0 Å². The molecule has 7 heteroatoms. The van der Waals surface area contributed by atoms with Crippen molar-refractivity contribution in [3.8, 4) is 0 Å². The summed E-state index contributed by atoms with van der Waals surface area (Å²) in [4.78, 5) is 8.67. The van der Waals surface area contributed by atoms with E-state index >= 15 is 0 Å². The molecule has 1 saturated heterocycles. The number of hydrogen-bond donors (Lipinski definition) is 1. The van der Waals surface area contributed by atoms with Gasteiger partial charge in [0.15, 0.2) is 17.0 Å². The molecule has 3 heterocycles. The van der Waals surface area contributed by atoms with E-state index in [0.29, 0.717) is 23.5 Å². The Morgan fingerprint density at radius 1 is 1.37 bits per heavy atom. The largest absolute Gasteiger partial charge is 0.382 e. The van der Waals surface area contributed by atoms with E-state index in [9.17, 15) is 0 Å². The van der Waals surface area contributed by atoms with E-state index in [0.717, 1.165) is 31.7 Å². The second kappa shape index (κ2) is 5.08. The van der Waals surface area contributed by atoms with E-state index in [1.807, 2.05) is 6.92 Å². The Hall–Kier alpha value is -1.76. The third kappa shape index (κ3) is 2.37. The normalized spacial score (nSPS) is 19.9. The number of aryl methyl sites for hydroxylation is 1. The summed E-state index contributed by atoms with van der Waals surface area (Å²) in [6.07, 6.45) is 4.34. The zero-order chi connectivity index (χ0) is 13.2. The monoisotopic (exact) mass is 262 g/mol. The van der Waals surface area contributed by atoms with Crippen molar-refractivity contribution in [2.45, 2.75) is 45.3 Å². The Morgan fingerprint density at radius 3 is 3.00 bits per heavy atom. The van der Waals surface area contributed by atoms with Gasteiger partial charge in [0.05, 0.1) is 12.6 Å². The van der Waals surface area contributed by atoms with Crippen LogP contribution in [0.15, 0.2) is 0 Å². The molecule has 3 rings (SSSR count). The Balaban J connectivity index is 1.92. The van der Waals surface area contributed by atoms with Crippen molar-refractivity contribution in [3.05, 3.63) is 5.82 Å². The minimum atomic E-state index is 0.194. The van der Waals surface area contributed by atoms with Gasteiger partial charge in [0, 0.05) is 13.0 Å². The van der Waals surface area contributed by atoms with Crippen molar-refractivity contribution in [3.63, 3.8) is 0 Å². The third-order valence-electron chi connectivity index (χ3n) is 3.40. The summed E-state index contributed by atoms with van der Waals surface area (Å²) in [5.41, 5.74) is 7.16. The molecule has 7 nitrogen and oxygen atoms in total. The van der Waals surface area contributed by atoms with Crippen LogP contribution in [0.25, 0.3) is 11.2 Å². The van der Waals surface area contributed by atoms with Crippen LogP contribution in [0.1, 0.15) is 32.0 Å². The molecular formula is C12H18N6O. The number of ether oxygens (including phenoxy) is 1. The zero-order valence-electron chi connectivity index (χ0n) is 11.0. The van der Waals surface area contributed by atoms with Crippen molar-refractivity contribution in [1.29, 1.82) is 0 Å². The first-order chi connectivity index (χ1) is 9.28. The van der Waals surface area contributed by atoms with Crippen LogP contribution in [0, 0.1) is 0 Å². The highest BCUT2D eigenvalue weighted by Gasteiger charge is 2.18. The van der Waals surface area contributed by atoms with E-state index in [4.69, 9.17) is 10.5 Å². The molecule has 0 aliphatic carbocycles. The molecular weight excluding hydrogens is 244 g/mol. The molecule has 2 aromatic rings. The second-order valence-electron chi connectivity index (χ2n) is 4.81. The van der Waals surface area contributed by atoms with Gasteiger partial charge in [-0.3, -0.25) is 0 Å². The number of anilines is 1. The summed E-state index contributed by atoms with van der Waals surface area (Å²) < 4.78 is 7.50. The van der Waals surface area contributed by atoms with Crippen LogP contribution in [-0.2, 0) is 17.7 Å². The average Bonchev–Trinajstić information content (AvgIpc) is 2.83. The maximum Gasteiger partial charge on any atom is 0.184 e. The van der Waals surface area contributed by atoms with Crippen LogP contribution in [0.2, 0.25) is 0 Å². The first kappa shape index (κ1) is 12.3. The van der Waals surface area contributed by atoms with Gasteiger partial charge in [-0.05, 0) is 19.3 Å². The van der Waals surface area contributed by atoms with Gasteiger partial charge >= 0.3 is 0 Å². The van der Waals surface area contributed by atoms with Gasteiger partial charge < -0.3 is 10.5 Å². The molecule has 0 spiro atoms. The molecule has 0 radical (unpaired) electrons. The van der Waals surface area contributed by atoms with Crippen molar-refractivity contribution < 1.29 is 4.74 Å². The molecule has 0 aromatic carbocycles. The van der Waals surface area contributed by atoms with E-state index in [2.05, 4.69) is 20.3 Å². The Morgan fingerprint density at radius 2 is 2.26 bits per heavy atom. The van der Waals surface area contributed by atoms with Crippen molar-refractivity contribution >= 4 is 17.0 Å². The fourth-order valence-electron chi connectivity index (χ4n) is 2.35. The summed E-state index contributed by atoms with van der Waals surface area (Å²) in [6.45, 7) is 3.50. The van der Waals surface area contributed by atoms with E-state index in [1.54, 1.807) is 4.68 Å². The van der Waals surface area contributed by atoms with Gasteiger partial charge in [0.25, 0.3) is 0 Å². The molecule has 1 fully saturated rings. The SMILES string of the molecule is CCc1nc(N)c2nnn(CC3CCCCO3)c2n1. The lowest BCUT2D eigenvalue weighted by Gasteiger charge is -2.22. The second-order valence-corrected chi connectivity index (χ2v) is 4.81. The number of nitrogens with zero attached hydrogens (tertiary/aromatic N) is 5. The molecule has 19 heavy (non-hydrogen) atoms. The average molecular weight is 262 g/mol. The van der Waals surface area contributed by atoms with Crippen LogP contribution in [0.4, 0.5) is 5.82 Å². The van der Waals surface area contributed by atoms with Crippen molar-refractivity contribution in [2.24, 2.45) is 0 Å². The quantitative estimate of drug-likeness (QED) is 0.884. The fraction of sp³-hybridized carbons (Fsp3) is 0.667. The number of hydrogen-bond acceptors (Lipinski definition) is 6. The lowest BCUT2D eigenvalue weighted by molar-refractivity contribution is 0.00433. The smallest absolute Gasteiger partial charge is 0.184 e. The Labute approximate surface area is 111 Å². The highest BCUT2D eigenvalue weighted by Crippen LogP contribution is 2.18. The minimum absolute atomic E-state index is 0.194. The Bertz CT molecular complexity index is 575. The molecule has 0 saturated carbocycles. The molecule has 2 N–H and O–H groups in total.